The molecule has 0 saturated carbocycles. The van der Waals surface area contributed by atoms with Gasteiger partial charge in [-0.25, -0.2) is 13.2 Å². The minimum atomic E-state index is -1.75. The van der Waals surface area contributed by atoms with Crippen molar-refractivity contribution in [1.82, 2.24) is 0 Å². The highest BCUT2D eigenvalue weighted by Crippen LogP contribution is 2.45. The molecule has 14 heavy (non-hydrogen) atoms. The maximum atomic E-state index is 14.0. The molecule has 76 valence electrons. The van der Waals surface area contributed by atoms with E-state index in [1.807, 2.05) is 0 Å². The van der Waals surface area contributed by atoms with Gasteiger partial charge in [-0.3, -0.25) is 0 Å². The van der Waals surface area contributed by atoms with Gasteiger partial charge in [0.05, 0.1) is 0 Å². The first-order valence-corrected chi connectivity index (χ1v) is 4.61. The van der Waals surface area contributed by atoms with Gasteiger partial charge in [-0.05, 0) is 30.9 Å². The highest BCUT2D eigenvalue weighted by atomic mass is 19.2. The van der Waals surface area contributed by atoms with E-state index in [0.29, 0.717) is 12.0 Å². The monoisotopic (exact) mass is 200 g/mol. The van der Waals surface area contributed by atoms with Gasteiger partial charge >= 0.3 is 0 Å². The van der Waals surface area contributed by atoms with Crippen molar-refractivity contribution >= 4 is 0 Å². The van der Waals surface area contributed by atoms with Crippen LogP contribution in [0, 0.1) is 17.6 Å². The van der Waals surface area contributed by atoms with Crippen LogP contribution in [0.4, 0.5) is 13.2 Å². The minimum absolute atomic E-state index is 0.0926. The third kappa shape index (κ3) is 1.08. The highest BCUT2D eigenvalue weighted by Gasteiger charge is 2.43. The van der Waals surface area contributed by atoms with Gasteiger partial charge in [0.1, 0.15) is 5.67 Å². The van der Waals surface area contributed by atoms with Crippen LogP contribution in [0.15, 0.2) is 12.1 Å². The summed E-state index contributed by atoms with van der Waals surface area (Å²) in [5, 5.41) is 0. The highest BCUT2D eigenvalue weighted by molar-refractivity contribution is 5.39. The number of benzene rings is 1. The molecule has 0 saturated heterocycles. The van der Waals surface area contributed by atoms with Gasteiger partial charge in [0, 0.05) is 5.56 Å². The zero-order valence-corrected chi connectivity index (χ0v) is 8.07. The standard InChI is InChI=1S/C11H11F3/c1-6-5-7-3-4-8(12)10(13)9(7)11(6,2)14/h3-4,6H,5H2,1-2H3. The molecule has 2 atom stereocenters. The van der Waals surface area contributed by atoms with Crippen molar-refractivity contribution in [1.29, 1.82) is 0 Å². The minimum Gasteiger partial charge on any atom is -0.239 e. The summed E-state index contributed by atoms with van der Waals surface area (Å²) in [6, 6.07) is 2.53. The first kappa shape index (κ1) is 9.56. The molecule has 1 aromatic carbocycles. The predicted molar refractivity (Wildman–Crippen MR) is 47.7 cm³/mol. The quantitative estimate of drug-likeness (QED) is 0.602. The molecule has 0 N–H and O–H groups in total. The second-order valence-corrected chi connectivity index (χ2v) is 4.08. The van der Waals surface area contributed by atoms with E-state index in [1.165, 1.54) is 13.0 Å². The van der Waals surface area contributed by atoms with Gasteiger partial charge in [-0.15, -0.1) is 0 Å². The SMILES string of the molecule is CC1Cc2ccc(F)c(F)c2C1(C)F. The molecule has 1 aliphatic rings. The van der Waals surface area contributed by atoms with E-state index in [1.54, 1.807) is 6.92 Å². The van der Waals surface area contributed by atoms with E-state index in [4.69, 9.17) is 0 Å². The maximum Gasteiger partial charge on any atom is 0.165 e. The van der Waals surface area contributed by atoms with Crippen LogP contribution >= 0.6 is 0 Å². The number of alkyl halides is 1. The number of hydrogen-bond acceptors (Lipinski definition) is 0. The lowest BCUT2D eigenvalue weighted by atomic mass is 9.92. The zero-order chi connectivity index (χ0) is 10.5. The molecule has 3 heteroatoms. The van der Waals surface area contributed by atoms with Crippen LogP contribution in [0.25, 0.3) is 0 Å². The molecular formula is C11H11F3. The van der Waals surface area contributed by atoms with Gasteiger partial charge in [0.15, 0.2) is 11.6 Å². The summed E-state index contributed by atoms with van der Waals surface area (Å²) < 4.78 is 40.3. The van der Waals surface area contributed by atoms with Crippen LogP contribution in [0.2, 0.25) is 0 Å². The lowest BCUT2D eigenvalue weighted by Crippen LogP contribution is -2.21. The molecule has 0 heterocycles. The van der Waals surface area contributed by atoms with Gasteiger partial charge in [-0.1, -0.05) is 13.0 Å². The van der Waals surface area contributed by atoms with Gasteiger partial charge in [-0.2, -0.15) is 0 Å². The fourth-order valence-corrected chi connectivity index (χ4v) is 2.06. The summed E-state index contributed by atoms with van der Waals surface area (Å²) in [4.78, 5) is 0. The molecule has 0 radical (unpaired) electrons. The van der Waals surface area contributed by atoms with Gasteiger partial charge < -0.3 is 0 Å². The molecule has 0 aliphatic heterocycles. The molecule has 0 amide bonds. The molecule has 2 unspecified atom stereocenters. The molecule has 0 aromatic heterocycles. The van der Waals surface area contributed by atoms with Crippen molar-refractivity contribution in [2.75, 3.05) is 0 Å². The fourth-order valence-electron chi connectivity index (χ4n) is 2.06. The van der Waals surface area contributed by atoms with Crippen molar-refractivity contribution in [3.05, 3.63) is 34.9 Å². The van der Waals surface area contributed by atoms with Crippen molar-refractivity contribution in [3.63, 3.8) is 0 Å². The Hall–Kier alpha value is -0.990. The Kier molecular flexibility index (Phi) is 1.88. The molecule has 0 bridgehead atoms. The Labute approximate surface area is 80.7 Å². The summed E-state index contributed by atoms with van der Waals surface area (Å²) in [5.41, 5.74) is -1.26. The maximum absolute atomic E-state index is 14.0. The van der Waals surface area contributed by atoms with Gasteiger partial charge in [0.25, 0.3) is 0 Å². The van der Waals surface area contributed by atoms with Gasteiger partial charge in [0.2, 0.25) is 0 Å². The molecule has 0 fully saturated rings. The Morgan fingerprint density at radius 3 is 2.64 bits per heavy atom. The van der Waals surface area contributed by atoms with Crippen molar-refractivity contribution in [3.8, 4) is 0 Å². The van der Waals surface area contributed by atoms with Crippen LogP contribution in [0.1, 0.15) is 25.0 Å². The third-order valence-electron chi connectivity index (χ3n) is 3.12. The summed E-state index contributed by atoms with van der Waals surface area (Å²) in [6.45, 7) is 3.02. The van der Waals surface area contributed by atoms with Crippen LogP contribution in [0.3, 0.4) is 0 Å². The van der Waals surface area contributed by atoms with E-state index in [9.17, 15) is 13.2 Å². The summed E-state index contributed by atoms with van der Waals surface area (Å²) >= 11 is 0. The summed E-state index contributed by atoms with van der Waals surface area (Å²) in [6.07, 6.45) is 0.472. The van der Waals surface area contributed by atoms with Crippen LogP contribution in [-0.4, -0.2) is 0 Å². The lowest BCUT2D eigenvalue weighted by molar-refractivity contribution is 0.125. The fraction of sp³-hybridized carbons (Fsp3) is 0.455. The Morgan fingerprint density at radius 1 is 1.36 bits per heavy atom. The zero-order valence-electron chi connectivity index (χ0n) is 8.07. The van der Waals surface area contributed by atoms with Crippen LogP contribution in [0.5, 0.6) is 0 Å². The first-order valence-electron chi connectivity index (χ1n) is 4.61. The molecule has 2 rings (SSSR count). The van der Waals surface area contributed by atoms with E-state index >= 15 is 0 Å². The number of rotatable bonds is 0. The van der Waals surface area contributed by atoms with E-state index < -0.39 is 17.3 Å². The molecule has 1 aromatic rings. The Morgan fingerprint density at radius 2 is 2.00 bits per heavy atom. The normalized spacial score (nSPS) is 30.5. The topological polar surface area (TPSA) is 0 Å². The van der Waals surface area contributed by atoms with Crippen molar-refractivity contribution < 1.29 is 13.2 Å². The largest absolute Gasteiger partial charge is 0.239 e. The molecular weight excluding hydrogens is 189 g/mol. The Balaban J connectivity index is 2.68. The predicted octanol–water partition coefficient (Wildman–Crippen LogP) is 3.34. The van der Waals surface area contributed by atoms with E-state index in [-0.39, 0.29) is 11.5 Å². The Bertz CT molecular complexity index is 382. The first-order chi connectivity index (χ1) is 6.44. The molecule has 0 spiro atoms. The van der Waals surface area contributed by atoms with E-state index in [2.05, 4.69) is 0 Å². The average Bonchev–Trinajstić information content (AvgIpc) is 2.32. The number of halogens is 3. The van der Waals surface area contributed by atoms with Crippen LogP contribution < -0.4 is 0 Å². The second-order valence-electron chi connectivity index (χ2n) is 4.08. The van der Waals surface area contributed by atoms with Crippen LogP contribution in [-0.2, 0) is 12.1 Å². The average molecular weight is 200 g/mol. The third-order valence-corrected chi connectivity index (χ3v) is 3.12. The summed E-state index contributed by atoms with van der Waals surface area (Å²) in [7, 11) is 0. The van der Waals surface area contributed by atoms with E-state index in [0.717, 1.165) is 6.07 Å². The molecule has 1 aliphatic carbocycles. The smallest absolute Gasteiger partial charge is 0.165 e. The van der Waals surface area contributed by atoms with Crippen molar-refractivity contribution in [2.24, 2.45) is 5.92 Å². The lowest BCUT2D eigenvalue weighted by Gasteiger charge is -2.20. The molecule has 0 nitrogen and oxygen atoms in total. The summed E-state index contributed by atoms with van der Waals surface area (Å²) in [5.74, 6) is -2.30. The number of fused-ring (bicyclic) bond motifs is 1. The number of hydrogen-bond donors (Lipinski definition) is 0. The second kappa shape index (κ2) is 2.75. The van der Waals surface area contributed by atoms with Crippen molar-refractivity contribution in [2.45, 2.75) is 25.9 Å².